The smallest absolute Gasteiger partial charge is 0.0701 e. The first-order valence-electron chi connectivity index (χ1n) is 6.94. The highest BCUT2D eigenvalue weighted by Crippen LogP contribution is 2.47. The molecule has 1 aliphatic carbocycles. The SMILES string of the molecule is CC(C)CNCC(C)(Cc1ccc(Br)s1)C1CC1. The van der Waals surface area contributed by atoms with Crippen molar-refractivity contribution in [2.75, 3.05) is 13.1 Å². The van der Waals surface area contributed by atoms with Crippen molar-refractivity contribution in [2.45, 2.75) is 40.0 Å². The van der Waals surface area contributed by atoms with Gasteiger partial charge in [0.15, 0.2) is 0 Å². The van der Waals surface area contributed by atoms with Gasteiger partial charge in [0.05, 0.1) is 3.79 Å². The highest BCUT2D eigenvalue weighted by Gasteiger charge is 2.41. The second-order valence-electron chi connectivity index (χ2n) is 6.34. The molecule has 18 heavy (non-hydrogen) atoms. The van der Waals surface area contributed by atoms with E-state index in [2.05, 4.69) is 54.2 Å². The molecule has 1 saturated carbocycles. The quantitative estimate of drug-likeness (QED) is 0.763. The molecule has 1 fully saturated rings. The summed E-state index contributed by atoms with van der Waals surface area (Å²) in [5.41, 5.74) is 0.444. The predicted octanol–water partition coefficient (Wildman–Crippen LogP) is 4.72. The number of nitrogens with one attached hydrogen (secondary N) is 1. The van der Waals surface area contributed by atoms with Crippen molar-refractivity contribution in [3.8, 4) is 0 Å². The normalized spacial score (nSPS) is 19.2. The third-order valence-electron chi connectivity index (χ3n) is 3.85. The predicted molar refractivity (Wildman–Crippen MR) is 84.3 cm³/mol. The van der Waals surface area contributed by atoms with Gasteiger partial charge in [0.1, 0.15) is 0 Å². The van der Waals surface area contributed by atoms with E-state index in [4.69, 9.17) is 0 Å². The molecule has 3 heteroatoms. The average Bonchev–Trinajstić information content (AvgIpc) is 3.04. The first kappa shape index (κ1) is 14.5. The van der Waals surface area contributed by atoms with Gasteiger partial charge in [0.25, 0.3) is 0 Å². The van der Waals surface area contributed by atoms with Crippen LogP contribution in [-0.4, -0.2) is 13.1 Å². The van der Waals surface area contributed by atoms with E-state index in [1.807, 2.05) is 11.3 Å². The van der Waals surface area contributed by atoms with Crippen molar-refractivity contribution in [1.82, 2.24) is 5.32 Å². The van der Waals surface area contributed by atoms with E-state index >= 15 is 0 Å². The Morgan fingerprint density at radius 1 is 1.44 bits per heavy atom. The van der Waals surface area contributed by atoms with E-state index in [0.717, 1.165) is 24.9 Å². The molecule has 0 saturated heterocycles. The first-order chi connectivity index (χ1) is 8.49. The van der Waals surface area contributed by atoms with E-state index in [-0.39, 0.29) is 0 Å². The van der Waals surface area contributed by atoms with Gasteiger partial charge >= 0.3 is 0 Å². The highest BCUT2D eigenvalue weighted by atomic mass is 79.9. The minimum Gasteiger partial charge on any atom is -0.316 e. The van der Waals surface area contributed by atoms with Gasteiger partial charge < -0.3 is 5.32 Å². The summed E-state index contributed by atoms with van der Waals surface area (Å²) in [6.07, 6.45) is 4.07. The van der Waals surface area contributed by atoms with Gasteiger partial charge in [-0.25, -0.2) is 0 Å². The first-order valence-corrected chi connectivity index (χ1v) is 8.55. The summed E-state index contributed by atoms with van der Waals surface area (Å²) in [5, 5.41) is 3.67. The molecule has 1 unspecified atom stereocenters. The zero-order chi connectivity index (χ0) is 13.2. The lowest BCUT2D eigenvalue weighted by molar-refractivity contribution is 0.254. The third kappa shape index (κ3) is 4.07. The number of hydrogen-bond acceptors (Lipinski definition) is 2. The summed E-state index contributed by atoms with van der Waals surface area (Å²) in [5.74, 6) is 1.67. The van der Waals surface area contributed by atoms with Crippen molar-refractivity contribution in [3.05, 3.63) is 20.8 Å². The largest absolute Gasteiger partial charge is 0.316 e. The lowest BCUT2D eigenvalue weighted by Crippen LogP contribution is -2.37. The fourth-order valence-corrected chi connectivity index (χ4v) is 4.30. The molecule has 1 N–H and O–H groups in total. The molecule has 1 aromatic rings. The van der Waals surface area contributed by atoms with Crippen molar-refractivity contribution in [1.29, 1.82) is 0 Å². The zero-order valence-electron chi connectivity index (χ0n) is 11.6. The molecule has 0 aliphatic heterocycles. The molecule has 1 atom stereocenters. The van der Waals surface area contributed by atoms with Crippen LogP contribution in [0.3, 0.4) is 0 Å². The van der Waals surface area contributed by atoms with Crippen LogP contribution in [0.4, 0.5) is 0 Å². The van der Waals surface area contributed by atoms with Crippen LogP contribution < -0.4 is 5.32 Å². The van der Waals surface area contributed by atoms with E-state index in [9.17, 15) is 0 Å². The van der Waals surface area contributed by atoms with Crippen LogP contribution in [0, 0.1) is 17.3 Å². The van der Waals surface area contributed by atoms with Crippen molar-refractivity contribution in [2.24, 2.45) is 17.3 Å². The Hall–Kier alpha value is 0.140. The number of hydrogen-bond donors (Lipinski definition) is 1. The maximum absolute atomic E-state index is 3.67. The van der Waals surface area contributed by atoms with Gasteiger partial charge in [0, 0.05) is 11.4 Å². The molecule has 0 amide bonds. The van der Waals surface area contributed by atoms with Gasteiger partial charge in [-0.05, 0) is 71.1 Å². The zero-order valence-corrected chi connectivity index (χ0v) is 14.0. The lowest BCUT2D eigenvalue weighted by Gasteiger charge is -2.30. The average molecular weight is 330 g/mol. The lowest BCUT2D eigenvalue weighted by atomic mass is 9.80. The summed E-state index contributed by atoms with van der Waals surface area (Å²) >= 11 is 5.46. The highest BCUT2D eigenvalue weighted by molar-refractivity contribution is 9.11. The summed E-state index contributed by atoms with van der Waals surface area (Å²) in [7, 11) is 0. The van der Waals surface area contributed by atoms with E-state index in [0.29, 0.717) is 5.41 Å². The fourth-order valence-electron chi connectivity index (χ4n) is 2.62. The second-order valence-corrected chi connectivity index (χ2v) is 8.88. The van der Waals surface area contributed by atoms with Crippen LogP contribution in [0.15, 0.2) is 15.9 Å². The standard InChI is InChI=1S/C15H24BrNS/c1-11(2)9-17-10-15(3,12-4-5-12)8-13-6-7-14(16)18-13/h6-7,11-12,17H,4-5,8-10H2,1-3H3. The third-order valence-corrected chi connectivity index (χ3v) is 5.47. The van der Waals surface area contributed by atoms with E-state index in [1.165, 1.54) is 27.9 Å². The Bertz CT molecular complexity index is 384. The fraction of sp³-hybridized carbons (Fsp3) is 0.733. The molecule has 2 rings (SSSR count). The number of rotatable bonds is 7. The molecular formula is C15H24BrNS. The molecule has 1 aliphatic rings. The number of thiophene rings is 1. The molecule has 1 aromatic heterocycles. The Morgan fingerprint density at radius 3 is 2.67 bits per heavy atom. The van der Waals surface area contributed by atoms with Crippen LogP contribution in [0.2, 0.25) is 0 Å². The second kappa shape index (κ2) is 6.06. The summed E-state index contributed by atoms with van der Waals surface area (Å²) in [6, 6.07) is 4.45. The van der Waals surface area contributed by atoms with Crippen molar-refractivity contribution in [3.63, 3.8) is 0 Å². The maximum Gasteiger partial charge on any atom is 0.0701 e. The molecule has 0 aromatic carbocycles. The van der Waals surface area contributed by atoms with E-state index in [1.54, 1.807) is 0 Å². The molecule has 0 radical (unpaired) electrons. The van der Waals surface area contributed by atoms with Crippen LogP contribution in [0.25, 0.3) is 0 Å². The van der Waals surface area contributed by atoms with Gasteiger partial charge in [-0.3, -0.25) is 0 Å². The van der Waals surface area contributed by atoms with Crippen LogP contribution >= 0.6 is 27.3 Å². The topological polar surface area (TPSA) is 12.0 Å². The van der Waals surface area contributed by atoms with Crippen LogP contribution in [-0.2, 0) is 6.42 Å². The van der Waals surface area contributed by atoms with Crippen molar-refractivity contribution >= 4 is 27.3 Å². The van der Waals surface area contributed by atoms with Crippen LogP contribution in [0.5, 0.6) is 0 Å². The summed E-state index contributed by atoms with van der Waals surface area (Å²) < 4.78 is 1.26. The minimum absolute atomic E-state index is 0.444. The van der Waals surface area contributed by atoms with Gasteiger partial charge in [-0.2, -0.15) is 0 Å². The Morgan fingerprint density at radius 2 is 2.17 bits per heavy atom. The number of halogens is 1. The molecular weight excluding hydrogens is 306 g/mol. The molecule has 0 bridgehead atoms. The van der Waals surface area contributed by atoms with Gasteiger partial charge in [0.2, 0.25) is 0 Å². The monoisotopic (exact) mass is 329 g/mol. The molecule has 1 heterocycles. The minimum atomic E-state index is 0.444. The van der Waals surface area contributed by atoms with E-state index < -0.39 is 0 Å². The van der Waals surface area contributed by atoms with Crippen LogP contribution in [0.1, 0.15) is 38.5 Å². The Kier molecular flexibility index (Phi) is 4.90. The molecule has 0 spiro atoms. The van der Waals surface area contributed by atoms with Gasteiger partial charge in [-0.1, -0.05) is 20.8 Å². The van der Waals surface area contributed by atoms with Gasteiger partial charge in [-0.15, -0.1) is 11.3 Å². The molecule has 1 nitrogen and oxygen atoms in total. The van der Waals surface area contributed by atoms with Crippen molar-refractivity contribution < 1.29 is 0 Å². The summed E-state index contributed by atoms with van der Waals surface area (Å²) in [6.45, 7) is 9.31. The summed E-state index contributed by atoms with van der Waals surface area (Å²) in [4.78, 5) is 1.52. The molecule has 102 valence electrons. The Balaban J connectivity index is 1.93. The maximum atomic E-state index is 3.67. The Labute approximate surface area is 123 Å².